The Morgan fingerprint density at radius 2 is 2.33 bits per heavy atom. The molecule has 1 heterocycles. The Bertz CT molecular complexity index is 627. The van der Waals surface area contributed by atoms with Crippen LogP contribution in [0.4, 0.5) is 0 Å². The van der Waals surface area contributed by atoms with Crippen molar-refractivity contribution in [3.05, 3.63) is 46.2 Å². The highest BCUT2D eigenvalue weighted by atomic mass is 79.9. The van der Waals surface area contributed by atoms with E-state index in [-0.39, 0.29) is 5.91 Å². The quantitative estimate of drug-likeness (QED) is 0.474. The van der Waals surface area contributed by atoms with E-state index in [1.165, 1.54) is 0 Å². The molecule has 1 aromatic carbocycles. The monoisotopic (exact) mass is 352 g/mol. The van der Waals surface area contributed by atoms with Gasteiger partial charge in [-0.15, -0.1) is 0 Å². The number of benzene rings is 1. The number of aromatic nitrogens is 2. The third-order valence-electron chi connectivity index (χ3n) is 2.90. The van der Waals surface area contributed by atoms with Crippen molar-refractivity contribution in [2.45, 2.75) is 26.5 Å². The Hall–Kier alpha value is -1.86. The first-order valence-electron chi connectivity index (χ1n) is 6.58. The third kappa shape index (κ3) is 4.05. The molecule has 0 bridgehead atoms. The first-order chi connectivity index (χ1) is 10.1. The van der Waals surface area contributed by atoms with Gasteiger partial charge in [0.25, 0.3) is 5.91 Å². The lowest BCUT2D eigenvalue weighted by atomic mass is 10.1. The third-order valence-corrected chi connectivity index (χ3v) is 3.64. The summed E-state index contributed by atoms with van der Waals surface area (Å²) in [5, 5.41) is 4.20. The number of hydrazine groups is 1. The number of amides is 1. The minimum atomic E-state index is -0.330. The molecule has 1 aromatic heterocycles. The fourth-order valence-electron chi connectivity index (χ4n) is 1.82. The zero-order chi connectivity index (χ0) is 15.2. The van der Waals surface area contributed by atoms with Crippen molar-refractivity contribution < 1.29 is 9.53 Å². The van der Waals surface area contributed by atoms with Crippen LogP contribution in [-0.4, -0.2) is 15.7 Å². The van der Waals surface area contributed by atoms with Crippen LogP contribution in [0.2, 0.25) is 0 Å². The Morgan fingerprint density at radius 3 is 3.00 bits per heavy atom. The lowest BCUT2D eigenvalue weighted by Crippen LogP contribution is -2.29. The largest absolute Gasteiger partial charge is 0.486 e. The van der Waals surface area contributed by atoms with Crippen molar-refractivity contribution >= 4 is 21.8 Å². The molecular weight excluding hydrogens is 336 g/mol. The van der Waals surface area contributed by atoms with E-state index in [0.717, 1.165) is 28.8 Å². The molecule has 112 valence electrons. The molecule has 1 amide bonds. The van der Waals surface area contributed by atoms with E-state index in [0.29, 0.717) is 12.2 Å². The summed E-state index contributed by atoms with van der Waals surface area (Å²) in [6.45, 7) is 3.36. The summed E-state index contributed by atoms with van der Waals surface area (Å²) in [5.41, 5.74) is 3.53. The molecule has 6 nitrogen and oxygen atoms in total. The number of nitrogens with zero attached hydrogens (tertiary/aromatic N) is 2. The number of nitrogens with two attached hydrogens (primary N) is 1. The molecule has 0 aliphatic rings. The Balaban J connectivity index is 2.00. The van der Waals surface area contributed by atoms with Gasteiger partial charge < -0.3 is 4.74 Å². The van der Waals surface area contributed by atoms with Gasteiger partial charge in [0.05, 0.1) is 12.4 Å². The first kappa shape index (κ1) is 15.5. The van der Waals surface area contributed by atoms with Gasteiger partial charge in [-0.25, -0.2) is 5.84 Å². The molecule has 0 atom stereocenters. The predicted molar refractivity (Wildman–Crippen MR) is 82.6 cm³/mol. The smallest absolute Gasteiger partial charge is 0.265 e. The van der Waals surface area contributed by atoms with Crippen LogP contribution in [0.15, 0.2) is 35.1 Å². The number of rotatable bonds is 6. The maximum Gasteiger partial charge on any atom is 0.265 e. The van der Waals surface area contributed by atoms with Gasteiger partial charge in [-0.2, -0.15) is 5.10 Å². The topological polar surface area (TPSA) is 82.2 Å². The fourth-order valence-corrected chi connectivity index (χ4v) is 2.31. The molecular formula is C14H17BrN4O2. The molecule has 21 heavy (non-hydrogen) atoms. The van der Waals surface area contributed by atoms with Crippen LogP contribution in [0, 0.1) is 0 Å². The lowest BCUT2D eigenvalue weighted by Gasteiger charge is -2.07. The SMILES string of the molecule is CCCn1cc(OCc2ccc(C(=O)NN)cc2Br)cn1. The van der Waals surface area contributed by atoms with Gasteiger partial charge in [0.2, 0.25) is 0 Å². The average molecular weight is 353 g/mol. The average Bonchev–Trinajstić information content (AvgIpc) is 2.93. The molecule has 7 heteroatoms. The molecule has 0 aliphatic heterocycles. The minimum absolute atomic E-state index is 0.330. The van der Waals surface area contributed by atoms with Gasteiger partial charge in [0.1, 0.15) is 6.61 Å². The van der Waals surface area contributed by atoms with Crippen molar-refractivity contribution in [3.63, 3.8) is 0 Å². The number of hydrogen-bond acceptors (Lipinski definition) is 4. The number of hydrogen-bond donors (Lipinski definition) is 2. The molecule has 0 saturated carbocycles. The first-order valence-corrected chi connectivity index (χ1v) is 7.38. The highest BCUT2D eigenvalue weighted by Crippen LogP contribution is 2.21. The van der Waals surface area contributed by atoms with Crippen molar-refractivity contribution in [1.29, 1.82) is 0 Å². The molecule has 3 N–H and O–H groups in total. The zero-order valence-electron chi connectivity index (χ0n) is 11.7. The van der Waals surface area contributed by atoms with Crippen LogP contribution in [-0.2, 0) is 13.2 Å². The van der Waals surface area contributed by atoms with Crippen molar-refractivity contribution in [2.24, 2.45) is 5.84 Å². The van der Waals surface area contributed by atoms with Gasteiger partial charge >= 0.3 is 0 Å². The van der Waals surface area contributed by atoms with Crippen LogP contribution in [0.3, 0.4) is 0 Å². The van der Waals surface area contributed by atoms with Crippen molar-refractivity contribution in [2.75, 3.05) is 0 Å². The highest BCUT2D eigenvalue weighted by Gasteiger charge is 2.08. The number of aryl methyl sites for hydroxylation is 1. The predicted octanol–water partition coefficient (Wildman–Crippen LogP) is 2.24. The summed E-state index contributed by atoms with van der Waals surface area (Å²) in [5.74, 6) is 5.50. The summed E-state index contributed by atoms with van der Waals surface area (Å²) in [6, 6.07) is 5.23. The maximum atomic E-state index is 11.4. The van der Waals surface area contributed by atoms with E-state index in [1.54, 1.807) is 18.3 Å². The summed E-state index contributed by atoms with van der Waals surface area (Å²) in [7, 11) is 0. The molecule has 0 spiro atoms. The number of halogens is 1. The van der Waals surface area contributed by atoms with E-state index in [9.17, 15) is 4.79 Å². The molecule has 0 aliphatic carbocycles. The van der Waals surface area contributed by atoms with E-state index in [4.69, 9.17) is 10.6 Å². The molecule has 0 fully saturated rings. The highest BCUT2D eigenvalue weighted by molar-refractivity contribution is 9.10. The number of ether oxygens (including phenoxy) is 1. The van der Waals surface area contributed by atoms with Gasteiger partial charge in [0, 0.05) is 22.1 Å². The van der Waals surface area contributed by atoms with E-state index < -0.39 is 0 Å². The van der Waals surface area contributed by atoms with Crippen LogP contribution in [0.5, 0.6) is 5.75 Å². The molecule has 0 unspecified atom stereocenters. The second kappa shape index (κ2) is 7.24. The maximum absolute atomic E-state index is 11.4. The van der Waals surface area contributed by atoms with Crippen molar-refractivity contribution in [1.82, 2.24) is 15.2 Å². The zero-order valence-corrected chi connectivity index (χ0v) is 13.3. The Morgan fingerprint density at radius 1 is 1.52 bits per heavy atom. The Labute approximate surface area is 131 Å². The standard InChI is InChI=1S/C14H17BrN4O2/c1-2-5-19-8-12(7-17-19)21-9-11-4-3-10(6-13(11)15)14(20)18-16/h3-4,6-8H,2,5,9,16H2,1H3,(H,18,20). The van der Waals surface area contributed by atoms with Crippen LogP contribution in [0.1, 0.15) is 29.3 Å². The molecule has 0 radical (unpaired) electrons. The van der Waals surface area contributed by atoms with E-state index >= 15 is 0 Å². The van der Waals surface area contributed by atoms with Gasteiger partial charge in [-0.05, 0) is 18.6 Å². The van der Waals surface area contributed by atoms with Gasteiger partial charge in [0.15, 0.2) is 5.75 Å². The van der Waals surface area contributed by atoms with Gasteiger partial charge in [-0.1, -0.05) is 28.9 Å². The van der Waals surface area contributed by atoms with Crippen LogP contribution >= 0.6 is 15.9 Å². The Kier molecular flexibility index (Phi) is 5.35. The molecule has 0 saturated heterocycles. The summed E-state index contributed by atoms with van der Waals surface area (Å²) < 4.78 is 8.33. The second-order valence-corrected chi connectivity index (χ2v) is 5.36. The minimum Gasteiger partial charge on any atom is -0.486 e. The lowest BCUT2D eigenvalue weighted by molar-refractivity contribution is 0.0953. The fraction of sp³-hybridized carbons (Fsp3) is 0.286. The molecule has 2 rings (SSSR count). The number of nitrogens with one attached hydrogen (secondary N) is 1. The summed E-state index contributed by atoms with van der Waals surface area (Å²) in [4.78, 5) is 11.4. The molecule has 2 aromatic rings. The normalized spacial score (nSPS) is 10.4. The number of carbonyl (C=O) groups is 1. The van der Waals surface area contributed by atoms with Crippen molar-refractivity contribution in [3.8, 4) is 5.75 Å². The van der Waals surface area contributed by atoms with E-state index in [1.807, 2.05) is 16.9 Å². The van der Waals surface area contributed by atoms with Gasteiger partial charge in [-0.3, -0.25) is 14.9 Å². The van der Waals surface area contributed by atoms with E-state index in [2.05, 4.69) is 33.4 Å². The van der Waals surface area contributed by atoms with Crippen LogP contribution in [0.25, 0.3) is 0 Å². The summed E-state index contributed by atoms with van der Waals surface area (Å²) in [6.07, 6.45) is 4.59. The van der Waals surface area contributed by atoms with Crippen LogP contribution < -0.4 is 16.0 Å². The number of carbonyl (C=O) groups excluding carboxylic acids is 1. The number of nitrogen functional groups attached to an aromatic ring is 1. The summed E-state index contributed by atoms with van der Waals surface area (Å²) >= 11 is 3.43. The second-order valence-electron chi connectivity index (χ2n) is 4.51.